The first-order chi connectivity index (χ1) is 8.11. The lowest BCUT2D eigenvalue weighted by Gasteiger charge is -2.22. The van der Waals surface area contributed by atoms with Crippen LogP contribution in [0.1, 0.15) is 19.3 Å². The zero-order valence-electron chi connectivity index (χ0n) is 10.6. The van der Waals surface area contributed by atoms with E-state index in [-0.39, 0.29) is 5.91 Å². The molecule has 0 bridgehead atoms. The molecule has 2 N–H and O–H groups in total. The number of nitrogens with two attached hydrogens (primary N) is 1. The Bertz CT molecular complexity index is 237. The first-order valence-corrected chi connectivity index (χ1v) is 6.06. The second-order valence-corrected chi connectivity index (χ2v) is 4.21. The molecule has 0 aliphatic heterocycles. The molecule has 17 heavy (non-hydrogen) atoms. The van der Waals surface area contributed by atoms with Crippen LogP contribution in [0.3, 0.4) is 0 Å². The molecule has 1 amide bonds. The molecular weight excluding hydrogens is 240 g/mol. The van der Waals surface area contributed by atoms with Crippen LogP contribution in [-0.2, 0) is 14.3 Å². The third-order valence-corrected chi connectivity index (χ3v) is 2.49. The number of nitrogens with zero attached hydrogens (tertiary/aromatic N) is 1. The second-order valence-electron chi connectivity index (χ2n) is 3.69. The zero-order valence-corrected chi connectivity index (χ0v) is 11.4. The maximum atomic E-state index is 11.9. The molecule has 0 fully saturated rings. The van der Waals surface area contributed by atoms with Gasteiger partial charge in [0, 0.05) is 46.8 Å². The van der Waals surface area contributed by atoms with E-state index in [1.807, 2.05) is 0 Å². The van der Waals surface area contributed by atoms with E-state index in [4.69, 9.17) is 27.4 Å². The highest BCUT2D eigenvalue weighted by Gasteiger charge is 2.12. The normalized spacial score (nSPS) is 10.2. The summed E-state index contributed by atoms with van der Waals surface area (Å²) in [4.78, 5) is 14.0. The molecule has 0 rings (SSSR count). The molecule has 0 aromatic rings. The van der Waals surface area contributed by atoms with Crippen molar-refractivity contribution in [1.29, 1.82) is 0 Å². The Morgan fingerprint density at radius 3 is 2.35 bits per heavy atom. The van der Waals surface area contributed by atoms with E-state index in [1.165, 1.54) is 0 Å². The van der Waals surface area contributed by atoms with Crippen LogP contribution < -0.4 is 5.73 Å². The summed E-state index contributed by atoms with van der Waals surface area (Å²) in [6, 6.07) is 0. The summed E-state index contributed by atoms with van der Waals surface area (Å²) in [5.74, 6) is 0.0929. The minimum Gasteiger partial charge on any atom is -0.393 e. The summed E-state index contributed by atoms with van der Waals surface area (Å²) < 4.78 is 9.89. The summed E-state index contributed by atoms with van der Waals surface area (Å²) in [6.07, 6.45) is 1.76. The molecule has 0 saturated heterocycles. The van der Waals surface area contributed by atoms with Gasteiger partial charge in [0.2, 0.25) is 5.91 Å². The molecule has 0 aromatic heterocycles. The molecule has 0 aliphatic carbocycles. The molecule has 0 saturated carbocycles. The molecular formula is C11H22N2O3S. The van der Waals surface area contributed by atoms with Gasteiger partial charge in [0.15, 0.2) is 0 Å². The van der Waals surface area contributed by atoms with E-state index in [1.54, 1.807) is 19.1 Å². The number of amides is 1. The van der Waals surface area contributed by atoms with Gasteiger partial charge in [-0.1, -0.05) is 12.2 Å². The van der Waals surface area contributed by atoms with Crippen molar-refractivity contribution in [3.63, 3.8) is 0 Å². The molecule has 5 nitrogen and oxygen atoms in total. The van der Waals surface area contributed by atoms with E-state index in [0.29, 0.717) is 44.1 Å². The standard InChI is InChI=1S/C11H22N2O3S/c1-15-8-3-4-11(14)13(7-9-16-2)6-5-10(12)17/h3-9H2,1-2H3,(H2,12,17). The van der Waals surface area contributed by atoms with Crippen molar-refractivity contribution in [3.05, 3.63) is 0 Å². The van der Waals surface area contributed by atoms with Gasteiger partial charge in [0.1, 0.15) is 0 Å². The predicted octanol–water partition coefficient (Wildman–Crippen LogP) is 0.564. The van der Waals surface area contributed by atoms with Gasteiger partial charge >= 0.3 is 0 Å². The van der Waals surface area contributed by atoms with Crippen molar-refractivity contribution in [2.45, 2.75) is 19.3 Å². The lowest BCUT2D eigenvalue weighted by Crippen LogP contribution is -2.36. The van der Waals surface area contributed by atoms with Gasteiger partial charge in [-0.15, -0.1) is 0 Å². The van der Waals surface area contributed by atoms with Gasteiger partial charge in [-0.05, 0) is 6.42 Å². The molecule has 100 valence electrons. The molecule has 0 radical (unpaired) electrons. The minimum atomic E-state index is 0.0929. The van der Waals surface area contributed by atoms with E-state index < -0.39 is 0 Å². The van der Waals surface area contributed by atoms with Crippen LogP contribution in [0, 0.1) is 0 Å². The van der Waals surface area contributed by atoms with Crippen LogP contribution in [0.25, 0.3) is 0 Å². The van der Waals surface area contributed by atoms with Crippen molar-refractivity contribution < 1.29 is 14.3 Å². The Labute approximate surface area is 108 Å². The Hall–Kier alpha value is -0.720. The van der Waals surface area contributed by atoms with Crippen LogP contribution in [0.2, 0.25) is 0 Å². The summed E-state index contributed by atoms with van der Waals surface area (Å²) in [6.45, 7) is 2.25. The molecule has 0 spiro atoms. The lowest BCUT2D eigenvalue weighted by molar-refractivity contribution is -0.132. The van der Waals surface area contributed by atoms with E-state index in [0.717, 1.165) is 6.42 Å². The van der Waals surface area contributed by atoms with Crippen LogP contribution >= 0.6 is 12.2 Å². The summed E-state index contributed by atoms with van der Waals surface area (Å²) >= 11 is 4.81. The maximum Gasteiger partial charge on any atom is 0.222 e. The smallest absolute Gasteiger partial charge is 0.222 e. The molecule has 0 atom stereocenters. The SMILES string of the molecule is COCCCC(=O)N(CCOC)CCC(N)=S. The zero-order chi connectivity index (χ0) is 13.1. The Kier molecular flexibility index (Phi) is 9.99. The van der Waals surface area contributed by atoms with Gasteiger partial charge in [-0.25, -0.2) is 0 Å². The first kappa shape index (κ1) is 16.3. The van der Waals surface area contributed by atoms with E-state index >= 15 is 0 Å². The lowest BCUT2D eigenvalue weighted by atomic mass is 10.2. The number of rotatable bonds is 10. The number of thiocarbonyl (C=S) groups is 1. The van der Waals surface area contributed by atoms with Gasteiger partial charge in [0.05, 0.1) is 11.6 Å². The van der Waals surface area contributed by atoms with Gasteiger partial charge in [-0.3, -0.25) is 4.79 Å². The number of carbonyl (C=O) groups excluding carboxylic acids is 1. The van der Waals surface area contributed by atoms with Crippen LogP contribution in [0.15, 0.2) is 0 Å². The largest absolute Gasteiger partial charge is 0.393 e. The third kappa shape index (κ3) is 9.02. The first-order valence-electron chi connectivity index (χ1n) is 5.65. The maximum absolute atomic E-state index is 11.9. The Morgan fingerprint density at radius 1 is 1.18 bits per heavy atom. The topological polar surface area (TPSA) is 64.8 Å². The van der Waals surface area contributed by atoms with Crippen molar-refractivity contribution in [3.8, 4) is 0 Å². The number of carbonyl (C=O) groups is 1. The Balaban J connectivity index is 4.04. The third-order valence-electron chi connectivity index (χ3n) is 2.29. The van der Waals surface area contributed by atoms with E-state index in [9.17, 15) is 4.79 Å². The van der Waals surface area contributed by atoms with Crippen LogP contribution in [0.4, 0.5) is 0 Å². The highest BCUT2D eigenvalue weighted by atomic mass is 32.1. The number of hydrogen-bond donors (Lipinski definition) is 1. The average Bonchev–Trinajstić information content (AvgIpc) is 2.29. The highest BCUT2D eigenvalue weighted by molar-refractivity contribution is 7.80. The van der Waals surface area contributed by atoms with Crippen molar-refractivity contribution >= 4 is 23.1 Å². The van der Waals surface area contributed by atoms with Crippen LogP contribution in [0.5, 0.6) is 0 Å². The minimum absolute atomic E-state index is 0.0929. The van der Waals surface area contributed by atoms with Gasteiger partial charge in [-0.2, -0.15) is 0 Å². The summed E-state index contributed by atoms with van der Waals surface area (Å²) in [5.41, 5.74) is 5.43. The number of hydrogen-bond acceptors (Lipinski definition) is 4. The number of methoxy groups -OCH3 is 2. The second kappa shape index (κ2) is 10.4. The molecule has 0 aliphatic rings. The molecule has 0 heterocycles. The van der Waals surface area contributed by atoms with Crippen molar-refractivity contribution in [2.24, 2.45) is 5.73 Å². The quantitative estimate of drug-likeness (QED) is 0.460. The summed E-state index contributed by atoms with van der Waals surface area (Å²) in [5, 5.41) is 0. The summed E-state index contributed by atoms with van der Waals surface area (Å²) in [7, 11) is 3.24. The number of ether oxygens (including phenoxy) is 2. The van der Waals surface area contributed by atoms with Crippen molar-refractivity contribution in [1.82, 2.24) is 4.90 Å². The molecule has 0 aromatic carbocycles. The van der Waals surface area contributed by atoms with Gasteiger partial charge in [0.25, 0.3) is 0 Å². The van der Waals surface area contributed by atoms with Crippen molar-refractivity contribution in [2.75, 3.05) is 40.5 Å². The fourth-order valence-electron chi connectivity index (χ4n) is 1.33. The highest BCUT2D eigenvalue weighted by Crippen LogP contribution is 2.00. The molecule has 6 heteroatoms. The Morgan fingerprint density at radius 2 is 1.82 bits per heavy atom. The van der Waals surface area contributed by atoms with Crippen LogP contribution in [-0.4, -0.2) is 56.3 Å². The monoisotopic (exact) mass is 262 g/mol. The fraction of sp³-hybridized carbons (Fsp3) is 0.818. The fourth-order valence-corrected chi connectivity index (χ4v) is 1.42. The van der Waals surface area contributed by atoms with Gasteiger partial charge < -0.3 is 20.1 Å². The van der Waals surface area contributed by atoms with E-state index in [2.05, 4.69) is 0 Å². The molecule has 0 unspecified atom stereocenters. The predicted molar refractivity (Wildman–Crippen MR) is 71.0 cm³/mol. The average molecular weight is 262 g/mol.